The largest absolute Gasteiger partial charge is 0.376 e. The highest BCUT2D eigenvalue weighted by Crippen LogP contribution is 2.13. The van der Waals surface area contributed by atoms with Crippen LogP contribution in [0.3, 0.4) is 0 Å². The van der Waals surface area contributed by atoms with Gasteiger partial charge in [0.2, 0.25) is 5.91 Å². The summed E-state index contributed by atoms with van der Waals surface area (Å²) in [6.07, 6.45) is 3.50. The molecule has 2 heterocycles. The second-order valence-corrected chi connectivity index (χ2v) is 6.08. The molecule has 5 nitrogen and oxygen atoms in total. The fourth-order valence-corrected chi connectivity index (χ4v) is 2.92. The number of carbonyl (C=O) groups excluding carboxylic acids is 1. The number of nitrogens with zero attached hydrogens (tertiary/aromatic N) is 2. The molecule has 0 aromatic carbocycles. The summed E-state index contributed by atoms with van der Waals surface area (Å²) in [6.45, 7) is 3.93. The predicted octanol–water partition coefficient (Wildman–Crippen LogP) is 2.00. The van der Waals surface area contributed by atoms with Crippen LogP contribution in [0.2, 0.25) is 0 Å². The van der Waals surface area contributed by atoms with Gasteiger partial charge in [-0.25, -0.2) is 4.98 Å². The molecule has 0 aliphatic carbocycles. The van der Waals surface area contributed by atoms with Crippen molar-refractivity contribution in [2.75, 3.05) is 26.9 Å². The van der Waals surface area contributed by atoms with E-state index in [9.17, 15) is 4.79 Å². The van der Waals surface area contributed by atoms with Crippen molar-refractivity contribution < 1.29 is 14.3 Å². The predicted molar refractivity (Wildman–Crippen MR) is 77.7 cm³/mol. The van der Waals surface area contributed by atoms with Gasteiger partial charge in [0.1, 0.15) is 11.6 Å². The van der Waals surface area contributed by atoms with Gasteiger partial charge in [0.05, 0.1) is 19.3 Å². The first-order chi connectivity index (χ1) is 9.65. The van der Waals surface area contributed by atoms with Crippen molar-refractivity contribution in [1.82, 2.24) is 9.88 Å². The van der Waals surface area contributed by atoms with Crippen molar-refractivity contribution in [2.45, 2.75) is 38.8 Å². The molecule has 1 fully saturated rings. The Bertz CT molecular complexity index is 430. The Balaban J connectivity index is 1.65. The first-order valence-electron chi connectivity index (χ1n) is 6.99. The van der Waals surface area contributed by atoms with E-state index in [0.29, 0.717) is 13.2 Å². The Morgan fingerprint density at radius 3 is 3.10 bits per heavy atom. The number of rotatable bonds is 6. The topological polar surface area (TPSA) is 51.7 Å². The summed E-state index contributed by atoms with van der Waals surface area (Å²) in [5.41, 5.74) is 0.997. The van der Waals surface area contributed by atoms with Crippen LogP contribution in [0.15, 0.2) is 5.38 Å². The Morgan fingerprint density at radius 1 is 1.60 bits per heavy atom. The molecule has 1 aliphatic heterocycles. The lowest BCUT2D eigenvalue weighted by molar-refractivity contribution is -0.137. The minimum Gasteiger partial charge on any atom is -0.376 e. The SMILES string of the molecule is Cc1csc(CN(C)C(=O)COCC2CCCCO2)n1. The Kier molecular flexibility index (Phi) is 5.94. The standard InChI is InChI=1S/C14H22N2O3S/c1-11-10-20-13(15-11)7-16(2)14(17)9-18-8-12-5-3-4-6-19-12/h10,12H,3-9H2,1-2H3. The Labute approximate surface area is 123 Å². The lowest BCUT2D eigenvalue weighted by atomic mass is 10.1. The molecule has 2 rings (SSSR count). The fraction of sp³-hybridized carbons (Fsp3) is 0.714. The number of likely N-dealkylation sites (N-methyl/N-ethyl adjacent to an activating group) is 1. The summed E-state index contributed by atoms with van der Waals surface area (Å²) in [4.78, 5) is 17.9. The Hall–Kier alpha value is -0.980. The third kappa shape index (κ3) is 4.85. The van der Waals surface area contributed by atoms with Crippen molar-refractivity contribution >= 4 is 17.2 Å². The maximum atomic E-state index is 11.9. The van der Waals surface area contributed by atoms with Crippen molar-refractivity contribution in [3.8, 4) is 0 Å². The fourth-order valence-electron chi connectivity index (χ4n) is 2.09. The summed E-state index contributed by atoms with van der Waals surface area (Å²) in [5, 5.41) is 2.94. The number of thiazole rings is 1. The van der Waals surface area contributed by atoms with E-state index < -0.39 is 0 Å². The normalized spacial score (nSPS) is 19.0. The summed E-state index contributed by atoms with van der Waals surface area (Å²) < 4.78 is 11.0. The van der Waals surface area contributed by atoms with Crippen LogP contribution in [-0.2, 0) is 20.8 Å². The monoisotopic (exact) mass is 298 g/mol. The molecule has 1 aromatic heterocycles. The van der Waals surface area contributed by atoms with Crippen LogP contribution in [0.5, 0.6) is 0 Å². The minimum absolute atomic E-state index is 0.0198. The summed E-state index contributed by atoms with van der Waals surface area (Å²) in [7, 11) is 1.78. The van der Waals surface area contributed by atoms with Crippen molar-refractivity contribution in [3.05, 3.63) is 16.1 Å². The van der Waals surface area contributed by atoms with E-state index in [1.165, 1.54) is 6.42 Å². The highest BCUT2D eigenvalue weighted by Gasteiger charge is 2.16. The van der Waals surface area contributed by atoms with E-state index in [2.05, 4.69) is 4.98 Å². The maximum Gasteiger partial charge on any atom is 0.248 e. The highest BCUT2D eigenvalue weighted by atomic mass is 32.1. The van der Waals surface area contributed by atoms with Gasteiger partial charge in [-0.1, -0.05) is 0 Å². The van der Waals surface area contributed by atoms with Crippen LogP contribution in [0, 0.1) is 6.92 Å². The third-order valence-electron chi connectivity index (χ3n) is 3.27. The summed E-state index contributed by atoms with van der Waals surface area (Å²) in [6, 6.07) is 0. The van der Waals surface area contributed by atoms with Gasteiger partial charge in [0.15, 0.2) is 0 Å². The van der Waals surface area contributed by atoms with E-state index in [1.54, 1.807) is 23.3 Å². The molecular formula is C14H22N2O3S. The lowest BCUT2D eigenvalue weighted by Crippen LogP contribution is -2.32. The number of amides is 1. The van der Waals surface area contributed by atoms with Gasteiger partial charge in [-0.2, -0.15) is 0 Å². The zero-order chi connectivity index (χ0) is 14.4. The molecule has 1 atom stereocenters. The minimum atomic E-state index is -0.0198. The number of aryl methyl sites for hydroxylation is 1. The first kappa shape index (κ1) is 15.4. The Morgan fingerprint density at radius 2 is 2.45 bits per heavy atom. The molecule has 1 amide bonds. The number of hydrogen-bond acceptors (Lipinski definition) is 5. The molecule has 0 N–H and O–H groups in total. The van der Waals surface area contributed by atoms with Gasteiger partial charge in [-0.05, 0) is 26.2 Å². The zero-order valence-electron chi connectivity index (χ0n) is 12.1. The summed E-state index contributed by atoms with van der Waals surface area (Å²) in [5.74, 6) is -0.0198. The van der Waals surface area contributed by atoms with Crippen molar-refractivity contribution in [3.63, 3.8) is 0 Å². The lowest BCUT2D eigenvalue weighted by Gasteiger charge is -2.22. The van der Waals surface area contributed by atoms with Crippen LogP contribution in [-0.4, -0.2) is 48.8 Å². The van der Waals surface area contributed by atoms with Gasteiger partial charge in [-0.15, -0.1) is 11.3 Å². The van der Waals surface area contributed by atoms with E-state index in [4.69, 9.17) is 9.47 Å². The quantitative estimate of drug-likeness (QED) is 0.806. The van der Waals surface area contributed by atoms with Gasteiger partial charge < -0.3 is 14.4 Å². The van der Waals surface area contributed by atoms with E-state index in [0.717, 1.165) is 30.2 Å². The molecule has 1 saturated heterocycles. The zero-order valence-corrected chi connectivity index (χ0v) is 12.9. The molecular weight excluding hydrogens is 276 g/mol. The van der Waals surface area contributed by atoms with E-state index >= 15 is 0 Å². The van der Waals surface area contributed by atoms with Crippen LogP contribution in [0.4, 0.5) is 0 Å². The highest BCUT2D eigenvalue weighted by molar-refractivity contribution is 7.09. The number of carbonyl (C=O) groups is 1. The van der Waals surface area contributed by atoms with Crippen molar-refractivity contribution in [2.24, 2.45) is 0 Å². The molecule has 0 radical (unpaired) electrons. The van der Waals surface area contributed by atoms with E-state index in [-0.39, 0.29) is 18.6 Å². The summed E-state index contributed by atoms with van der Waals surface area (Å²) >= 11 is 1.58. The molecule has 112 valence electrons. The van der Waals surface area contributed by atoms with Gasteiger partial charge >= 0.3 is 0 Å². The second kappa shape index (κ2) is 7.71. The van der Waals surface area contributed by atoms with Crippen LogP contribution in [0.1, 0.15) is 30.0 Å². The molecule has 0 spiro atoms. The van der Waals surface area contributed by atoms with Gasteiger partial charge in [0.25, 0.3) is 0 Å². The number of aromatic nitrogens is 1. The molecule has 1 aromatic rings. The smallest absolute Gasteiger partial charge is 0.248 e. The van der Waals surface area contributed by atoms with Crippen LogP contribution < -0.4 is 0 Å². The third-order valence-corrected chi connectivity index (χ3v) is 4.22. The molecule has 6 heteroatoms. The molecule has 20 heavy (non-hydrogen) atoms. The molecule has 1 unspecified atom stereocenters. The maximum absolute atomic E-state index is 11.9. The molecule has 1 aliphatic rings. The average Bonchev–Trinajstić information content (AvgIpc) is 2.85. The number of hydrogen-bond donors (Lipinski definition) is 0. The average molecular weight is 298 g/mol. The van der Waals surface area contributed by atoms with Crippen molar-refractivity contribution in [1.29, 1.82) is 0 Å². The molecule has 0 saturated carbocycles. The number of ether oxygens (including phenoxy) is 2. The van der Waals surface area contributed by atoms with E-state index in [1.807, 2.05) is 12.3 Å². The van der Waals surface area contributed by atoms with Crippen LogP contribution >= 0.6 is 11.3 Å². The first-order valence-corrected chi connectivity index (χ1v) is 7.87. The van der Waals surface area contributed by atoms with Gasteiger partial charge in [-0.3, -0.25) is 4.79 Å². The van der Waals surface area contributed by atoms with Crippen LogP contribution in [0.25, 0.3) is 0 Å². The molecule has 0 bridgehead atoms. The van der Waals surface area contributed by atoms with Gasteiger partial charge in [0, 0.05) is 24.7 Å². The second-order valence-electron chi connectivity index (χ2n) is 5.14.